The van der Waals surface area contributed by atoms with Crippen molar-refractivity contribution in [3.05, 3.63) is 108 Å². The Hall–Kier alpha value is -5.12. The lowest BCUT2D eigenvalue weighted by Crippen LogP contribution is -2.53. The Bertz CT molecular complexity index is 3230. The smallest absolute Gasteiger partial charge is 0.459 e. The van der Waals surface area contributed by atoms with Gasteiger partial charge in [0.2, 0.25) is 11.8 Å². The van der Waals surface area contributed by atoms with Crippen LogP contribution in [0.3, 0.4) is 0 Å². The van der Waals surface area contributed by atoms with Crippen LogP contribution in [-0.2, 0) is 80.5 Å². The van der Waals surface area contributed by atoms with Crippen LogP contribution in [0.25, 0.3) is 11.1 Å². The van der Waals surface area contributed by atoms with Gasteiger partial charge in [-0.25, -0.2) is 34.4 Å². The van der Waals surface area contributed by atoms with Crippen LogP contribution in [0.15, 0.2) is 107 Å². The number of carbonyl (C=O) groups excluding carboxylic acids is 2. The van der Waals surface area contributed by atoms with E-state index in [0.717, 1.165) is 48.1 Å². The van der Waals surface area contributed by atoms with Gasteiger partial charge in [-0.15, -0.1) is 0 Å². The van der Waals surface area contributed by atoms with Gasteiger partial charge in [0, 0.05) is 65.0 Å². The van der Waals surface area contributed by atoms with Crippen molar-refractivity contribution in [2.24, 2.45) is 0 Å². The van der Waals surface area contributed by atoms with Crippen LogP contribution in [0.2, 0.25) is 0 Å². The molecule has 7 rings (SSSR count). The van der Waals surface area contributed by atoms with E-state index in [2.05, 4.69) is 4.18 Å². The molecule has 3 heterocycles. The van der Waals surface area contributed by atoms with Crippen LogP contribution in [0.5, 0.6) is 5.75 Å². The molecule has 0 bridgehead atoms. The second-order valence-corrected chi connectivity index (χ2v) is 30.4. The predicted molar refractivity (Wildman–Crippen MR) is 306 cm³/mol. The van der Waals surface area contributed by atoms with Crippen LogP contribution < -0.4 is 9.65 Å². The van der Waals surface area contributed by atoms with Gasteiger partial charge >= 0.3 is 34.7 Å². The zero-order valence-electron chi connectivity index (χ0n) is 49.8. The normalized spacial score (nSPS) is 18.2. The monoisotopic (exact) mass is 1260 g/mol. The first-order valence-electron chi connectivity index (χ1n) is 27.4. The van der Waals surface area contributed by atoms with Gasteiger partial charge in [0.05, 0.1) is 21.0 Å². The Kier molecular flexibility index (Phi) is 21.9. The topological polar surface area (TPSA) is 201 Å². The van der Waals surface area contributed by atoms with Crippen LogP contribution >= 0.6 is 0 Å². The van der Waals surface area contributed by atoms with Gasteiger partial charge in [0.1, 0.15) is 17.0 Å². The Balaban J connectivity index is 0.000000241. The number of carbonyl (C=O) groups is 2. The van der Waals surface area contributed by atoms with Gasteiger partial charge < -0.3 is 32.4 Å². The summed E-state index contributed by atoms with van der Waals surface area (Å²) in [6.07, 6.45) is -0.175. The van der Waals surface area contributed by atoms with Crippen molar-refractivity contribution in [3.63, 3.8) is 0 Å². The number of benzene rings is 4. The van der Waals surface area contributed by atoms with Gasteiger partial charge in [-0.1, -0.05) is 60.7 Å². The van der Waals surface area contributed by atoms with Gasteiger partial charge in [0.15, 0.2) is 29.2 Å². The molecule has 0 atom stereocenters. The average molecular weight is 1270 g/mol. The maximum atomic E-state index is 13.7. The lowest BCUT2D eigenvalue weighted by molar-refractivity contribution is -0.161. The van der Waals surface area contributed by atoms with Crippen molar-refractivity contribution in [2.45, 2.75) is 193 Å². The molecule has 3 aliphatic heterocycles. The number of hydrogen-bond donors (Lipinski definition) is 0. The molecule has 0 radical (unpaired) electrons. The van der Waals surface area contributed by atoms with E-state index in [-0.39, 0.29) is 81.2 Å². The molecule has 85 heavy (non-hydrogen) atoms. The quantitative estimate of drug-likeness (QED) is 0.0337. The maximum Gasteiger partial charge on any atom is 0.534 e. The molecule has 15 nitrogen and oxygen atoms in total. The Labute approximate surface area is 495 Å². The van der Waals surface area contributed by atoms with Crippen molar-refractivity contribution in [2.75, 3.05) is 26.4 Å². The number of alkyl halides is 7. The van der Waals surface area contributed by atoms with E-state index in [1.165, 1.54) is 36.4 Å². The highest BCUT2D eigenvalue weighted by molar-refractivity contribution is 7.94. The van der Waals surface area contributed by atoms with Crippen molar-refractivity contribution in [3.8, 4) is 16.9 Å². The number of aryl methyl sites for hydroxylation is 2. The minimum atomic E-state index is -5.72. The highest BCUT2D eigenvalue weighted by Gasteiger charge is 2.57. The minimum Gasteiger partial charge on any atom is -0.459 e. The molecule has 3 saturated heterocycles. The fourth-order valence-corrected chi connectivity index (χ4v) is 13.1. The molecule has 3 fully saturated rings. The lowest BCUT2D eigenvalue weighted by atomic mass is 9.79. The highest BCUT2D eigenvalue weighted by atomic mass is 32.2. The number of sulfone groups is 2. The molecule has 0 spiro atoms. The van der Waals surface area contributed by atoms with Crippen LogP contribution in [-0.4, -0.2) is 120 Å². The van der Waals surface area contributed by atoms with Crippen LogP contribution in [0.4, 0.5) is 30.7 Å². The molecular formula is C59H76BF7O15S3. The van der Waals surface area contributed by atoms with Gasteiger partial charge in [-0.3, -0.25) is 9.59 Å². The predicted octanol–water partition coefficient (Wildman–Crippen LogP) is 11.8. The number of halogens is 7. The van der Waals surface area contributed by atoms with E-state index in [0.29, 0.717) is 5.56 Å². The van der Waals surface area contributed by atoms with E-state index >= 15 is 0 Å². The SMILES string of the molecule is CC(C)(C)OC(=O)C1(S(=O)(=O)c2ccc(B3OC(C)(C)C(C)(C)O3)cc2)CCOCC1.CC(F)(F)CCc1ccc(-c2ccc(S(=O)(=O)C3(C(=O)OC(C)(C)C)CCOCC3)cc2)cc1.CC(F)(F)CCc1ccc(OS(=O)(=O)C(F)(F)F)cc1. The van der Waals surface area contributed by atoms with E-state index < -0.39 is 110 Å². The summed E-state index contributed by atoms with van der Waals surface area (Å²) in [5.41, 5.74) is -4.54. The fraction of sp³-hybridized carbons (Fsp3) is 0.559. The lowest BCUT2D eigenvalue weighted by Gasteiger charge is -2.36. The largest absolute Gasteiger partial charge is 0.534 e. The van der Waals surface area contributed by atoms with Gasteiger partial charge in [0.25, 0.3) is 0 Å². The number of rotatable bonds is 16. The maximum absolute atomic E-state index is 13.7. The van der Waals surface area contributed by atoms with Gasteiger partial charge in [-0.05, 0) is 160 Å². The van der Waals surface area contributed by atoms with Crippen molar-refractivity contribution < 1.29 is 98.0 Å². The molecule has 4 aromatic rings. The molecule has 0 saturated carbocycles. The first-order valence-corrected chi connectivity index (χ1v) is 31.8. The second-order valence-electron chi connectivity index (χ2n) is 24.4. The van der Waals surface area contributed by atoms with E-state index in [1.54, 1.807) is 77.9 Å². The minimum absolute atomic E-state index is 0.00972. The number of esters is 2. The molecule has 0 unspecified atom stereocenters. The highest BCUT2D eigenvalue weighted by Crippen LogP contribution is 2.41. The van der Waals surface area contributed by atoms with Crippen molar-refractivity contribution >= 4 is 54.3 Å². The molecule has 0 aliphatic carbocycles. The third kappa shape index (κ3) is 18.2. The molecule has 3 aliphatic rings. The summed E-state index contributed by atoms with van der Waals surface area (Å²) in [7, 11) is -14.4. The molecule has 472 valence electrons. The van der Waals surface area contributed by atoms with Gasteiger partial charge in [-0.2, -0.15) is 21.6 Å². The van der Waals surface area contributed by atoms with E-state index in [9.17, 15) is 65.6 Å². The zero-order chi connectivity index (χ0) is 64.1. The summed E-state index contributed by atoms with van der Waals surface area (Å²) >= 11 is 0. The molecule has 0 amide bonds. The average Bonchev–Trinajstić information content (AvgIpc) is 1.55. The summed E-state index contributed by atoms with van der Waals surface area (Å²) in [5.74, 6) is -7.57. The standard InChI is InChI=1S/C26H32F2O5S.C22H33BO7S.C11H11F5O3S/c1-24(2,3)33-23(29)26(15-17-32-18-16-26)34(30,31)22-11-9-21(10-12-22)20-7-5-19(6-8-20)13-14-25(4,27)28;1-19(2,3)28-18(24)22(12-14-27-15-13-22)31(25,26)17-10-8-16(9-11-17)23-29-20(4,5)21(6,7)30-23;1-10(12,13)7-6-8-2-4-9(5-3-8)19-20(17,18)11(14,15)16/h5-12H,13-18H2,1-4H3;8-11H,12-15H2,1-7H3;2-5H,6-7H2,1H3. The molecule has 0 N–H and O–H groups in total. The number of hydrogen-bond acceptors (Lipinski definition) is 15. The summed E-state index contributed by atoms with van der Waals surface area (Å²) in [6, 6.07) is 24.4. The molecule has 4 aromatic carbocycles. The van der Waals surface area contributed by atoms with Crippen LogP contribution in [0.1, 0.15) is 133 Å². The molecule has 0 aromatic heterocycles. The third-order valence-electron chi connectivity index (χ3n) is 14.5. The Morgan fingerprint density at radius 2 is 0.812 bits per heavy atom. The second kappa shape index (κ2) is 26.3. The molecular weight excluding hydrogens is 1190 g/mol. The summed E-state index contributed by atoms with van der Waals surface area (Å²) < 4.78 is 198. The summed E-state index contributed by atoms with van der Waals surface area (Å²) in [4.78, 5) is 26.3. The summed E-state index contributed by atoms with van der Waals surface area (Å²) in [5, 5.41) is 0. The fourth-order valence-electron chi connectivity index (χ4n) is 8.85. The first kappa shape index (κ1) is 70.6. The Morgan fingerprint density at radius 1 is 0.494 bits per heavy atom. The van der Waals surface area contributed by atoms with E-state index in [1.807, 2.05) is 39.8 Å². The zero-order valence-corrected chi connectivity index (χ0v) is 52.2. The van der Waals surface area contributed by atoms with E-state index in [4.69, 9.17) is 28.3 Å². The third-order valence-corrected chi connectivity index (χ3v) is 20.4. The van der Waals surface area contributed by atoms with Crippen LogP contribution in [0, 0.1) is 0 Å². The first-order chi connectivity index (χ1) is 38.8. The summed E-state index contributed by atoms with van der Waals surface area (Å²) in [6.45, 7) is 20.5. The molecule has 26 heteroatoms. The van der Waals surface area contributed by atoms with Crippen molar-refractivity contribution in [1.29, 1.82) is 0 Å². The number of ether oxygens (including phenoxy) is 4. The van der Waals surface area contributed by atoms with Crippen molar-refractivity contribution in [1.82, 2.24) is 0 Å². The Morgan fingerprint density at radius 3 is 1.13 bits per heavy atom.